The first-order chi connectivity index (χ1) is 14.8. The summed E-state index contributed by atoms with van der Waals surface area (Å²) in [4.78, 5) is 24.8. The molecular weight excluding hydrogens is 439 g/mol. The molecule has 0 saturated heterocycles. The highest BCUT2D eigenvalue weighted by molar-refractivity contribution is 8.03. The van der Waals surface area contributed by atoms with Crippen LogP contribution in [0.1, 0.15) is 33.6 Å². The minimum absolute atomic E-state index is 0.119. The predicted molar refractivity (Wildman–Crippen MR) is 124 cm³/mol. The summed E-state index contributed by atoms with van der Waals surface area (Å²) >= 11 is 1.37. The van der Waals surface area contributed by atoms with E-state index in [1.807, 2.05) is 6.92 Å². The molecule has 1 rings (SSSR count). The molecule has 0 heterocycles. The van der Waals surface area contributed by atoms with Crippen molar-refractivity contribution in [1.29, 1.82) is 0 Å². The van der Waals surface area contributed by atoms with Crippen molar-refractivity contribution in [2.75, 3.05) is 5.75 Å². The predicted octanol–water partition coefficient (Wildman–Crippen LogP) is 6.02. The lowest BCUT2D eigenvalue weighted by atomic mass is 9.95. The highest BCUT2D eigenvalue weighted by Gasteiger charge is 2.52. The second-order valence-corrected chi connectivity index (χ2v) is 8.65. The van der Waals surface area contributed by atoms with E-state index in [0.29, 0.717) is 35.9 Å². The summed E-state index contributed by atoms with van der Waals surface area (Å²) < 4.78 is 38.2. The maximum absolute atomic E-state index is 12.7. The van der Waals surface area contributed by atoms with Crippen LogP contribution >= 0.6 is 11.8 Å². The normalized spacial score (nSPS) is 18.1. The molecule has 4 nitrogen and oxygen atoms in total. The van der Waals surface area contributed by atoms with Crippen molar-refractivity contribution in [2.24, 2.45) is 11.1 Å². The van der Waals surface area contributed by atoms with Crippen LogP contribution in [0.5, 0.6) is 0 Å². The molecule has 1 aliphatic carbocycles. The third-order valence-corrected chi connectivity index (χ3v) is 6.17. The summed E-state index contributed by atoms with van der Waals surface area (Å²) in [5, 5.41) is 9.39. The molecule has 0 aromatic heterocycles. The number of carboxylic acid groups (broad SMARTS) is 1. The van der Waals surface area contributed by atoms with E-state index in [1.165, 1.54) is 25.6 Å². The first-order valence-corrected chi connectivity index (χ1v) is 10.7. The molecule has 0 spiro atoms. The molecule has 32 heavy (non-hydrogen) atoms. The molecule has 0 aromatic carbocycles. The van der Waals surface area contributed by atoms with Crippen LogP contribution in [0, 0.1) is 5.41 Å². The van der Waals surface area contributed by atoms with Crippen LogP contribution in [-0.4, -0.2) is 28.8 Å². The van der Waals surface area contributed by atoms with Crippen LogP contribution in [0.25, 0.3) is 0 Å². The number of Topliss-reactive ketones (excluding diaryl/α,β-unsaturated/α-hetero) is 1. The van der Waals surface area contributed by atoms with Gasteiger partial charge < -0.3 is 10.8 Å². The van der Waals surface area contributed by atoms with Crippen LogP contribution in [0.4, 0.5) is 13.2 Å². The minimum Gasteiger partial charge on any atom is -0.481 e. The zero-order chi connectivity index (χ0) is 24.7. The molecule has 0 atom stereocenters. The molecule has 1 fully saturated rings. The van der Waals surface area contributed by atoms with Gasteiger partial charge in [0, 0.05) is 17.0 Å². The number of carbonyl (C=O) groups is 2. The molecule has 1 saturated carbocycles. The number of rotatable bonds is 11. The van der Waals surface area contributed by atoms with E-state index < -0.39 is 28.9 Å². The quantitative estimate of drug-likeness (QED) is 0.287. The number of allylic oxidation sites excluding steroid dienone is 10. The molecule has 0 aliphatic heterocycles. The van der Waals surface area contributed by atoms with E-state index in [9.17, 15) is 27.9 Å². The minimum atomic E-state index is -4.55. The number of halogens is 3. The van der Waals surface area contributed by atoms with Gasteiger partial charge in [0.2, 0.25) is 0 Å². The van der Waals surface area contributed by atoms with Crippen LogP contribution < -0.4 is 5.73 Å². The number of carboxylic acids is 1. The monoisotopic (exact) mass is 467 g/mol. The lowest BCUT2D eigenvalue weighted by Gasteiger charge is -2.10. The SMILES string of the molecule is C=C/C(=C\C=C(/C)C(=O)C(C)=C(N)CS/C(C)=C/C=C(\C=C)C1(C(=O)O)CC1)C(F)(F)F. The van der Waals surface area contributed by atoms with Gasteiger partial charge in [-0.15, -0.1) is 11.8 Å². The summed E-state index contributed by atoms with van der Waals surface area (Å²) in [6.45, 7) is 11.6. The van der Waals surface area contributed by atoms with Gasteiger partial charge in [-0.3, -0.25) is 9.59 Å². The smallest absolute Gasteiger partial charge is 0.416 e. The second kappa shape index (κ2) is 11.2. The largest absolute Gasteiger partial charge is 0.481 e. The number of nitrogens with two attached hydrogens (primary N) is 1. The fraction of sp³-hybridized carbons (Fsp3) is 0.333. The summed E-state index contributed by atoms with van der Waals surface area (Å²) in [6, 6.07) is 0. The number of hydrogen-bond acceptors (Lipinski definition) is 4. The Morgan fingerprint density at radius 3 is 2.09 bits per heavy atom. The maximum atomic E-state index is 12.7. The van der Waals surface area contributed by atoms with Crippen LogP contribution in [-0.2, 0) is 9.59 Å². The van der Waals surface area contributed by atoms with Crippen molar-refractivity contribution in [1.82, 2.24) is 0 Å². The van der Waals surface area contributed by atoms with Gasteiger partial charge in [-0.1, -0.05) is 43.5 Å². The first kappa shape index (κ1) is 27.3. The third kappa shape index (κ3) is 7.15. The molecule has 174 valence electrons. The number of thioether (sulfide) groups is 1. The number of carbonyl (C=O) groups excluding carboxylic acids is 1. The lowest BCUT2D eigenvalue weighted by molar-refractivity contribution is -0.141. The van der Waals surface area contributed by atoms with Gasteiger partial charge in [0.25, 0.3) is 0 Å². The summed E-state index contributed by atoms with van der Waals surface area (Å²) in [5.74, 6) is -1.01. The molecule has 0 amide bonds. The highest BCUT2D eigenvalue weighted by atomic mass is 32.2. The molecule has 0 bridgehead atoms. The van der Waals surface area contributed by atoms with Crippen molar-refractivity contribution in [3.8, 4) is 0 Å². The molecule has 8 heteroatoms. The van der Waals surface area contributed by atoms with Crippen LogP contribution in [0.15, 0.2) is 82.5 Å². The number of hydrogen-bond donors (Lipinski definition) is 2. The van der Waals surface area contributed by atoms with Gasteiger partial charge >= 0.3 is 12.1 Å². The van der Waals surface area contributed by atoms with Crippen molar-refractivity contribution in [3.63, 3.8) is 0 Å². The van der Waals surface area contributed by atoms with Crippen LogP contribution in [0.3, 0.4) is 0 Å². The van der Waals surface area contributed by atoms with Crippen molar-refractivity contribution in [3.05, 3.63) is 82.5 Å². The number of aliphatic carboxylic acids is 1. The molecule has 3 N–H and O–H groups in total. The van der Waals surface area contributed by atoms with Gasteiger partial charge in [0.15, 0.2) is 5.78 Å². The van der Waals surface area contributed by atoms with Crippen molar-refractivity contribution < 1.29 is 27.9 Å². The molecule has 0 unspecified atom stereocenters. The third-order valence-electron chi connectivity index (χ3n) is 5.13. The number of alkyl halides is 3. The molecular formula is C24H28F3NO3S. The van der Waals surface area contributed by atoms with E-state index >= 15 is 0 Å². The molecule has 0 aromatic rings. The van der Waals surface area contributed by atoms with Crippen LogP contribution in [0.2, 0.25) is 0 Å². The maximum Gasteiger partial charge on any atom is 0.416 e. The molecule has 0 radical (unpaired) electrons. The standard InChI is InChI=1S/C24H28F3NO3S/c1-6-18(23(12-13-23)22(30)31)11-9-16(4)32-14-20(28)17(5)21(29)15(3)8-10-19(7-2)24(25,26)27/h6-11H,1-2,12-14,28H2,3-5H3,(H,30,31)/b15-8+,16-9+,18-11+,19-10+,20-17?. The Balaban J connectivity index is 2.89. The fourth-order valence-corrected chi connectivity index (χ4v) is 3.50. The van der Waals surface area contributed by atoms with Gasteiger partial charge in [-0.05, 0) is 55.7 Å². The average molecular weight is 468 g/mol. The van der Waals surface area contributed by atoms with Gasteiger partial charge in [0.1, 0.15) is 0 Å². The van der Waals surface area contributed by atoms with Gasteiger partial charge in [-0.2, -0.15) is 13.2 Å². The van der Waals surface area contributed by atoms with E-state index in [0.717, 1.165) is 17.1 Å². The Hall–Kier alpha value is -2.74. The summed E-state index contributed by atoms with van der Waals surface area (Å²) in [7, 11) is 0. The zero-order valence-corrected chi connectivity index (χ0v) is 19.2. The Morgan fingerprint density at radius 2 is 1.66 bits per heavy atom. The Kier molecular flexibility index (Phi) is 9.57. The second-order valence-electron chi connectivity index (χ2n) is 7.43. The van der Waals surface area contributed by atoms with Gasteiger partial charge in [-0.25, -0.2) is 0 Å². The topological polar surface area (TPSA) is 80.4 Å². The summed E-state index contributed by atoms with van der Waals surface area (Å²) in [6.07, 6.45) is 4.25. The Morgan fingerprint density at radius 1 is 1.06 bits per heavy atom. The van der Waals surface area contributed by atoms with E-state index in [-0.39, 0.29) is 11.1 Å². The highest BCUT2D eigenvalue weighted by Crippen LogP contribution is 2.52. The van der Waals surface area contributed by atoms with E-state index in [4.69, 9.17) is 5.73 Å². The van der Waals surface area contributed by atoms with E-state index in [2.05, 4.69) is 13.2 Å². The van der Waals surface area contributed by atoms with Crippen molar-refractivity contribution in [2.45, 2.75) is 39.8 Å². The zero-order valence-electron chi connectivity index (χ0n) is 18.4. The van der Waals surface area contributed by atoms with Gasteiger partial charge in [0.05, 0.1) is 11.0 Å². The van der Waals surface area contributed by atoms with Crippen molar-refractivity contribution >= 4 is 23.5 Å². The Bertz CT molecular complexity index is 946. The average Bonchev–Trinajstić information content (AvgIpc) is 3.52. The lowest BCUT2D eigenvalue weighted by Crippen LogP contribution is -2.16. The number of ketones is 1. The summed E-state index contributed by atoms with van der Waals surface area (Å²) in [5.41, 5.74) is 5.55. The fourth-order valence-electron chi connectivity index (χ4n) is 2.74. The molecule has 1 aliphatic rings. The first-order valence-electron chi connectivity index (χ1n) is 9.76. The van der Waals surface area contributed by atoms with E-state index in [1.54, 1.807) is 18.2 Å². The Labute approximate surface area is 190 Å².